The molecule has 0 aliphatic carbocycles. The van der Waals surface area contributed by atoms with E-state index < -0.39 is 16.1 Å². The number of carbonyl (C=O) groups excluding carboxylic acids is 1. The van der Waals surface area contributed by atoms with Gasteiger partial charge in [-0.15, -0.1) is 0 Å². The second-order valence-corrected chi connectivity index (χ2v) is 10.1. The monoisotopic (exact) mass is 518 g/mol. The van der Waals surface area contributed by atoms with Crippen molar-refractivity contribution in [2.45, 2.75) is 19.4 Å². The van der Waals surface area contributed by atoms with E-state index in [1.165, 1.54) is 7.05 Å². The lowest BCUT2D eigenvalue weighted by atomic mass is 10.2. The molecule has 0 spiro atoms. The van der Waals surface area contributed by atoms with Crippen molar-refractivity contribution in [1.29, 1.82) is 0 Å². The largest absolute Gasteiger partial charge is 0.497 e. The van der Waals surface area contributed by atoms with Crippen LogP contribution < -0.4 is 23.8 Å². The highest BCUT2D eigenvalue weighted by atomic mass is 35.5. The number of sulfonamides is 1. The van der Waals surface area contributed by atoms with E-state index in [1.807, 2.05) is 6.92 Å². The van der Waals surface area contributed by atoms with Crippen LogP contribution in [-0.4, -0.2) is 40.8 Å². The molecule has 0 saturated heterocycles. The van der Waals surface area contributed by atoms with E-state index in [0.717, 1.165) is 10.6 Å². The molecule has 1 atom stereocenters. The van der Waals surface area contributed by atoms with Crippen LogP contribution in [0.5, 0.6) is 23.0 Å². The fourth-order valence-corrected chi connectivity index (χ4v) is 3.76. The number of carbonyl (C=O) groups is 1. The molecule has 1 N–H and O–H groups in total. The van der Waals surface area contributed by atoms with Crippen LogP contribution in [0.25, 0.3) is 0 Å². The molecule has 0 aliphatic heterocycles. The Labute approximate surface area is 210 Å². The Balaban J connectivity index is 1.73. The average molecular weight is 519 g/mol. The average Bonchev–Trinajstić information content (AvgIpc) is 2.84. The molecular formula is C25H27ClN2O6S. The van der Waals surface area contributed by atoms with Gasteiger partial charge in [0.25, 0.3) is 5.91 Å². The summed E-state index contributed by atoms with van der Waals surface area (Å²) in [4.78, 5) is 13.0. The maximum atomic E-state index is 13.0. The van der Waals surface area contributed by atoms with Crippen LogP contribution in [0.1, 0.15) is 13.3 Å². The van der Waals surface area contributed by atoms with Gasteiger partial charge in [0, 0.05) is 12.1 Å². The van der Waals surface area contributed by atoms with E-state index in [9.17, 15) is 13.2 Å². The van der Waals surface area contributed by atoms with Crippen molar-refractivity contribution in [1.82, 2.24) is 0 Å². The zero-order chi connectivity index (χ0) is 25.6. The fraction of sp³-hybridized carbons (Fsp3) is 0.240. The SMILES string of the molecule is CC[C@H](Oc1ccc(N(C)S(C)(=O)=O)cc1)C(=O)Nc1cc(Cl)ccc1Oc1ccc(OC)cc1. The number of rotatable bonds is 10. The molecule has 0 aliphatic rings. The van der Waals surface area contributed by atoms with Gasteiger partial charge in [-0.2, -0.15) is 0 Å². The number of halogens is 1. The van der Waals surface area contributed by atoms with Gasteiger partial charge >= 0.3 is 0 Å². The molecular weight excluding hydrogens is 492 g/mol. The number of nitrogens with zero attached hydrogens (tertiary/aromatic N) is 1. The number of amides is 1. The van der Waals surface area contributed by atoms with E-state index in [4.69, 9.17) is 25.8 Å². The standard InChI is InChI=1S/C25H27ClN2O6S/c1-5-23(33-20-9-7-18(8-10-20)28(2)35(4,30)31)25(29)27-22-16-17(26)6-15-24(22)34-21-13-11-19(32-3)12-14-21/h6-16,23H,5H2,1-4H3,(H,27,29)/t23-/m0/s1. The molecule has 0 aromatic heterocycles. The summed E-state index contributed by atoms with van der Waals surface area (Å²) in [5.74, 6) is 1.72. The lowest BCUT2D eigenvalue weighted by Gasteiger charge is -2.20. The minimum atomic E-state index is -3.38. The summed E-state index contributed by atoms with van der Waals surface area (Å²) < 4.78 is 41.5. The van der Waals surface area contributed by atoms with Gasteiger partial charge in [-0.3, -0.25) is 9.10 Å². The maximum Gasteiger partial charge on any atom is 0.265 e. The molecule has 3 aromatic carbocycles. The van der Waals surface area contributed by atoms with Crippen LogP contribution in [-0.2, 0) is 14.8 Å². The zero-order valence-corrected chi connectivity index (χ0v) is 21.4. The van der Waals surface area contributed by atoms with E-state index in [-0.39, 0.29) is 5.91 Å². The maximum absolute atomic E-state index is 13.0. The van der Waals surface area contributed by atoms with Gasteiger partial charge < -0.3 is 19.5 Å². The number of methoxy groups -OCH3 is 1. The topological polar surface area (TPSA) is 94.2 Å². The third-order valence-corrected chi connectivity index (χ3v) is 6.57. The Hall–Kier alpha value is -3.43. The fourth-order valence-electron chi connectivity index (χ4n) is 3.09. The van der Waals surface area contributed by atoms with Gasteiger partial charge in [0.2, 0.25) is 10.0 Å². The predicted molar refractivity (Wildman–Crippen MR) is 138 cm³/mol. The van der Waals surface area contributed by atoms with Gasteiger partial charge in [-0.05, 0) is 73.2 Å². The number of ether oxygens (including phenoxy) is 3. The normalized spacial score (nSPS) is 11.9. The van der Waals surface area contributed by atoms with E-state index in [2.05, 4.69) is 5.32 Å². The van der Waals surface area contributed by atoms with Crippen molar-refractivity contribution in [2.24, 2.45) is 0 Å². The molecule has 10 heteroatoms. The quantitative estimate of drug-likeness (QED) is 0.389. The Morgan fingerprint density at radius 1 is 1.00 bits per heavy atom. The molecule has 3 aromatic rings. The summed E-state index contributed by atoms with van der Waals surface area (Å²) in [6.45, 7) is 1.82. The Kier molecular flexibility index (Phi) is 8.48. The van der Waals surface area contributed by atoms with Crippen molar-refractivity contribution in [2.75, 3.05) is 30.0 Å². The molecule has 186 valence electrons. The van der Waals surface area contributed by atoms with Gasteiger partial charge in [-0.25, -0.2) is 8.42 Å². The number of benzene rings is 3. The van der Waals surface area contributed by atoms with E-state index >= 15 is 0 Å². The van der Waals surface area contributed by atoms with Gasteiger partial charge in [0.1, 0.15) is 17.2 Å². The minimum absolute atomic E-state index is 0.383. The van der Waals surface area contributed by atoms with Crippen molar-refractivity contribution >= 4 is 38.9 Å². The van der Waals surface area contributed by atoms with Crippen LogP contribution in [0, 0.1) is 0 Å². The zero-order valence-electron chi connectivity index (χ0n) is 19.8. The summed E-state index contributed by atoms with van der Waals surface area (Å²) in [7, 11) is -0.336. The van der Waals surface area contributed by atoms with Gasteiger partial charge in [0.05, 0.1) is 24.7 Å². The third kappa shape index (κ3) is 7.03. The Bertz CT molecular complexity index is 1260. The van der Waals surface area contributed by atoms with Crippen LogP contribution in [0.3, 0.4) is 0 Å². The second-order valence-electron chi connectivity index (χ2n) is 7.65. The summed E-state index contributed by atoms with van der Waals surface area (Å²) in [5, 5.41) is 3.26. The molecule has 0 radical (unpaired) electrons. The van der Waals surface area contributed by atoms with E-state index in [1.54, 1.807) is 73.8 Å². The highest BCUT2D eigenvalue weighted by Crippen LogP contribution is 2.33. The molecule has 0 fully saturated rings. The third-order valence-electron chi connectivity index (χ3n) is 5.13. The van der Waals surface area contributed by atoms with Crippen LogP contribution in [0.15, 0.2) is 66.7 Å². The molecule has 35 heavy (non-hydrogen) atoms. The number of anilines is 2. The molecule has 1 amide bonds. The molecule has 0 heterocycles. The summed E-state index contributed by atoms with van der Waals surface area (Å²) in [6.07, 6.45) is 0.713. The number of hydrogen-bond donors (Lipinski definition) is 1. The lowest BCUT2D eigenvalue weighted by molar-refractivity contribution is -0.122. The van der Waals surface area contributed by atoms with Gasteiger partial charge in [0.15, 0.2) is 11.9 Å². The number of hydrogen-bond acceptors (Lipinski definition) is 6. The summed E-state index contributed by atoms with van der Waals surface area (Å²) in [6, 6.07) is 18.4. The van der Waals surface area contributed by atoms with Crippen LogP contribution >= 0.6 is 11.6 Å². The second kappa shape index (κ2) is 11.3. The summed E-state index contributed by atoms with van der Waals surface area (Å²) >= 11 is 6.16. The van der Waals surface area contributed by atoms with Crippen LogP contribution in [0.4, 0.5) is 11.4 Å². The predicted octanol–water partition coefficient (Wildman–Crippen LogP) is 5.33. The highest BCUT2D eigenvalue weighted by molar-refractivity contribution is 7.92. The molecule has 0 saturated carbocycles. The van der Waals surface area contributed by atoms with Gasteiger partial charge in [-0.1, -0.05) is 18.5 Å². The Morgan fingerprint density at radius 3 is 2.17 bits per heavy atom. The minimum Gasteiger partial charge on any atom is -0.497 e. The highest BCUT2D eigenvalue weighted by Gasteiger charge is 2.21. The van der Waals surface area contributed by atoms with Crippen LogP contribution in [0.2, 0.25) is 5.02 Å². The Morgan fingerprint density at radius 2 is 1.60 bits per heavy atom. The van der Waals surface area contributed by atoms with Crippen molar-refractivity contribution in [3.05, 3.63) is 71.8 Å². The van der Waals surface area contributed by atoms with Crippen molar-refractivity contribution in [3.63, 3.8) is 0 Å². The molecule has 0 bridgehead atoms. The van der Waals surface area contributed by atoms with Crippen molar-refractivity contribution < 1.29 is 27.4 Å². The van der Waals surface area contributed by atoms with E-state index in [0.29, 0.717) is 45.8 Å². The molecule has 3 rings (SSSR count). The number of nitrogens with one attached hydrogen (secondary N) is 1. The smallest absolute Gasteiger partial charge is 0.265 e. The first-order valence-corrected chi connectivity index (χ1v) is 13.0. The molecule has 0 unspecified atom stereocenters. The molecule has 8 nitrogen and oxygen atoms in total. The first kappa shape index (κ1) is 26.2. The first-order chi connectivity index (χ1) is 16.6. The first-order valence-electron chi connectivity index (χ1n) is 10.7. The van der Waals surface area contributed by atoms with Crippen molar-refractivity contribution in [3.8, 4) is 23.0 Å². The lowest BCUT2D eigenvalue weighted by Crippen LogP contribution is -2.32. The summed E-state index contributed by atoms with van der Waals surface area (Å²) in [5.41, 5.74) is 0.877.